The molecule has 1 N–H and O–H groups in total. The Labute approximate surface area is 158 Å². The molecule has 0 aliphatic carbocycles. The lowest BCUT2D eigenvalue weighted by Gasteiger charge is -2.21. The van der Waals surface area contributed by atoms with Gasteiger partial charge in [-0.2, -0.15) is 0 Å². The number of aromatic nitrogens is 1. The Morgan fingerprint density at radius 2 is 1.93 bits per heavy atom. The molecule has 1 aromatic carbocycles. The number of rotatable bonds is 4. The standard InChI is InChI=1S/C18H23N3O5S/c1-11-4-15(13-5-17-18(26-10-25-17)6-14(13)19-11)21-7-12(16(22)8-21)9-27(23,24)20(2)3/h4-6,12,16,22H,7-10H2,1-3H3/t12-,16-/m0/s1. The summed E-state index contributed by atoms with van der Waals surface area (Å²) in [6, 6.07) is 5.71. The van der Waals surface area contributed by atoms with E-state index in [1.54, 1.807) is 0 Å². The van der Waals surface area contributed by atoms with Crippen molar-refractivity contribution in [3.63, 3.8) is 0 Å². The van der Waals surface area contributed by atoms with Crippen LogP contribution in [0.2, 0.25) is 0 Å². The summed E-state index contributed by atoms with van der Waals surface area (Å²) in [7, 11) is -0.360. The van der Waals surface area contributed by atoms with Crippen LogP contribution in [0.1, 0.15) is 5.69 Å². The number of ether oxygens (including phenoxy) is 2. The van der Waals surface area contributed by atoms with E-state index in [4.69, 9.17) is 9.47 Å². The van der Waals surface area contributed by atoms with E-state index in [0.717, 1.165) is 22.3 Å². The van der Waals surface area contributed by atoms with Crippen LogP contribution in [-0.4, -0.2) is 68.6 Å². The summed E-state index contributed by atoms with van der Waals surface area (Å²) in [5.74, 6) is 0.908. The van der Waals surface area contributed by atoms with E-state index in [1.165, 1.54) is 18.4 Å². The monoisotopic (exact) mass is 393 g/mol. The Bertz CT molecular complexity index is 992. The number of nitrogens with zero attached hydrogens (tertiary/aromatic N) is 3. The maximum absolute atomic E-state index is 12.2. The van der Waals surface area contributed by atoms with Crippen molar-refractivity contribution >= 4 is 26.6 Å². The molecule has 2 aliphatic heterocycles. The minimum atomic E-state index is -3.38. The zero-order valence-electron chi connectivity index (χ0n) is 15.5. The van der Waals surface area contributed by atoms with E-state index in [2.05, 4.69) is 4.98 Å². The van der Waals surface area contributed by atoms with Crippen LogP contribution in [0.25, 0.3) is 10.9 Å². The van der Waals surface area contributed by atoms with Gasteiger partial charge < -0.3 is 19.5 Å². The highest BCUT2D eigenvalue weighted by atomic mass is 32.2. The van der Waals surface area contributed by atoms with Crippen molar-refractivity contribution in [1.82, 2.24) is 9.29 Å². The predicted molar refractivity (Wildman–Crippen MR) is 102 cm³/mol. The first-order valence-electron chi connectivity index (χ1n) is 8.79. The lowest BCUT2D eigenvalue weighted by Crippen LogP contribution is -2.33. The molecule has 0 amide bonds. The molecule has 0 radical (unpaired) electrons. The number of hydrogen-bond acceptors (Lipinski definition) is 7. The molecule has 0 spiro atoms. The minimum absolute atomic E-state index is 0.0774. The third-order valence-electron chi connectivity index (χ3n) is 5.14. The number of aliphatic hydroxyl groups is 1. The number of β-amino-alcohol motifs (C(OH)–C–C–N with tert-alkyl or cyclic N) is 1. The first-order valence-corrected chi connectivity index (χ1v) is 10.4. The fraction of sp³-hybridized carbons (Fsp3) is 0.500. The predicted octanol–water partition coefficient (Wildman–Crippen LogP) is 0.960. The lowest BCUT2D eigenvalue weighted by molar-refractivity contribution is 0.157. The number of fused-ring (bicyclic) bond motifs is 2. The average molecular weight is 393 g/mol. The van der Waals surface area contributed by atoms with Gasteiger partial charge in [-0.25, -0.2) is 12.7 Å². The second kappa shape index (κ2) is 6.50. The van der Waals surface area contributed by atoms with Gasteiger partial charge in [0.25, 0.3) is 0 Å². The number of pyridine rings is 1. The molecule has 2 atom stereocenters. The van der Waals surface area contributed by atoms with Gasteiger partial charge in [-0.3, -0.25) is 4.98 Å². The van der Waals surface area contributed by atoms with Crippen molar-refractivity contribution < 1.29 is 23.0 Å². The number of anilines is 1. The molecule has 0 saturated carbocycles. The molecule has 27 heavy (non-hydrogen) atoms. The normalized spacial score (nSPS) is 22.2. The zero-order valence-corrected chi connectivity index (χ0v) is 16.4. The fourth-order valence-corrected chi connectivity index (χ4v) is 4.79. The molecule has 0 bridgehead atoms. The van der Waals surface area contributed by atoms with Crippen LogP contribution in [0, 0.1) is 12.8 Å². The van der Waals surface area contributed by atoms with Crippen LogP contribution < -0.4 is 14.4 Å². The fourth-order valence-electron chi connectivity index (χ4n) is 3.62. The summed E-state index contributed by atoms with van der Waals surface area (Å²) in [4.78, 5) is 6.61. The smallest absolute Gasteiger partial charge is 0.231 e. The molecule has 146 valence electrons. The number of aliphatic hydroxyl groups excluding tert-OH is 1. The molecule has 1 saturated heterocycles. The summed E-state index contributed by atoms with van der Waals surface area (Å²) in [6.07, 6.45) is -0.711. The van der Waals surface area contributed by atoms with E-state index < -0.39 is 16.1 Å². The first kappa shape index (κ1) is 18.3. The van der Waals surface area contributed by atoms with Crippen molar-refractivity contribution in [3.8, 4) is 11.5 Å². The molecule has 2 aromatic rings. The number of benzene rings is 1. The van der Waals surface area contributed by atoms with Crippen molar-refractivity contribution in [2.24, 2.45) is 5.92 Å². The lowest BCUT2D eigenvalue weighted by atomic mass is 10.1. The third-order valence-corrected chi connectivity index (χ3v) is 7.10. The van der Waals surface area contributed by atoms with Gasteiger partial charge in [0.1, 0.15) is 0 Å². The van der Waals surface area contributed by atoms with E-state index >= 15 is 0 Å². The van der Waals surface area contributed by atoms with Gasteiger partial charge in [0.05, 0.1) is 17.4 Å². The van der Waals surface area contributed by atoms with Gasteiger partial charge >= 0.3 is 0 Å². The Balaban J connectivity index is 1.69. The summed E-state index contributed by atoms with van der Waals surface area (Å²) >= 11 is 0. The van der Waals surface area contributed by atoms with Crippen LogP contribution in [0.3, 0.4) is 0 Å². The minimum Gasteiger partial charge on any atom is -0.454 e. The SMILES string of the molecule is Cc1cc(N2C[C@@H](CS(=O)(=O)N(C)C)[C@@H](O)C2)c2cc3c(cc2n1)OCO3. The molecule has 1 fully saturated rings. The van der Waals surface area contributed by atoms with Crippen molar-refractivity contribution in [3.05, 3.63) is 23.9 Å². The molecule has 1 aromatic heterocycles. The zero-order chi connectivity index (χ0) is 19.3. The highest BCUT2D eigenvalue weighted by Gasteiger charge is 2.36. The highest BCUT2D eigenvalue weighted by Crippen LogP contribution is 2.40. The van der Waals surface area contributed by atoms with Crippen LogP contribution in [0.4, 0.5) is 5.69 Å². The number of sulfonamides is 1. The third kappa shape index (κ3) is 3.30. The molecular weight excluding hydrogens is 370 g/mol. The second-order valence-corrected chi connectivity index (χ2v) is 9.53. The Morgan fingerprint density at radius 3 is 2.63 bits per heavy atom. The summed E-state index contributed by atoms with van der Waals surface area (Å²) in [5, 5.41) is 11.4. The molecule has 0 unspecified atom stereocenters. The van der Waals surface area contributed by atoms with Crippen molar-refractivity contribution in [1.29, 1.82) is 0 Å². The van der Waals surface area contributed by atoms with Crippen LogP contribution >= 0.6 is 0 Å². The highest BCUT2D eigenvalue weighted by molar-refractivity contribution is 7.89. The van der Waals surface area contributed by atoms with Crippen LogP contribution in [-0.2, 0) is 10.0 Å². The molecule has 9 heteroatoms. The average Bonchev–Trinajstić information content (AvgIpc) is 3.18. The quantitative estimate of drug-likeness (QED) is 0.827. The van der Waals surface area contributed by atoms with Crippen LogP contribution in [0.5, 0.6) is 11.5 Å². The topological polar surface area (TPSA) is 92.2 Å². The van der Waals surface area contributed by atoms with Crippen LogP contribution in [0.15, 0.2) is 18.2 Å². The van der Waals surface area contributed by atoms with E-state index in [9.17, 15) is 13.5 Å². The van der Waals surface area contributed by atoms with Gasteiger partial charge in [0, 0.05) is 55.9 Å². The van der Waals surface area contributed by atoms with E-state index in [1.807, 2.05) is 30.0 Å². The Morgan fingerprint density at radius 1 is 1.22 bits per heavy atom. The maximum Gasteiger partial charge on any atom is 0.231 e. The number of aryl methyl sites for hydroxylation is 1. The maximum atomic E-state index is 12.2. The van der Waals surface area contributed by atoms with E-state index in [-0.39, 0.29) is 18.5 Å². The first-order chi connectivity index (χ1) is 12.7. The van der Waals surface area contributed by atoms with Gasteiger partial charge in [-0.15, -0.1) is 0 Å². The second-order valence-electron chi connectivity index (χ2n) is 7.30. The molecule has 2 aliphatic rings. The number of hydrogen-bond donors (Lipinski definition) is 1. The largest absolute Gasteiger partial charge is 0.454 e. The molecule has 8 nitrogen and oxygen atoms in total. The molecule has 3 heterocycles. The molecular formula is C18H23N3O5S. The Hall–Kier alpha value is -2.10. The van der Waals surface area contributed by atoms with Gasteiger partial charge in [-0.05, 0) is 19.1 Å². The summed E-state index contributed by atoms with van der Waals surface area (Å²) in [5.41, 5.74) is 2.54. The van der Waals surface area contributed by atoms with E-state index in [0.29, 0.717) is 24.6 Å². The molecule has 4 rings (SSSR count). The van der Waals surface area contributed by atoms with Gasteiger partial charge in [-0.1, -0.05) is 0 Å². The Kier molecular flexibility index (Phi) is 4.40. The van der Waals surface area contributed by atoms with Gasteiger partial charge in [0.15, 0.2) is 11.5 Å². The van der Waals surface area contributed by atoms with Crippen molar-refractivity contribution in [2.45, 2.75) is 13.0 Å². The van der Waals surface area contributed by atoms with Crippen molar-refractivity contribution in [2.75, 3.05) is 44.6 Å². The summed E-state index contributed by atoms with van der Waals surface area (Å²) in [6.45, 7) is 2.93. The summed E-state index contributed by atoms with van der Waals surface area (Å²) < 4.78 is 36.6. The van der Waals surface area contributed by atoms with Gasteiger partial charge in [0.2, 0.25) is 16.8 Å².